The van der Waals surface area contributed by atoms with Crippen LogP contribution in [0.1, 0.15) is 38.2 Å². The van der Waals surface area contributed by atoms with Crippen LogP contribution in [-0.2, 0) is 11.3 Å². The minimum absolute atomic E-state index is 0.210. The highest BCUT2D eigenvalue weighted by molar-refractivity contribution is 6.42. The lowest BCUT2D eigenvalue weighted by Gasteiger charge is -2.29. The highest BCUT2D eigenvalue weighted by Gasteiger charge is 2.26. The van der Waals surface area contributed by atoms with E-state index in [0.717, 1.165) is 37.9 Å². The molecule has 1 aromatic carbocycles. The van der Waals surface area contributed by atoms with E-state index in [4.69, 9.17) is 23.2 Å². The first-order chi connectivity index (χ1) is 10.1. The Morgan fingerprint density at radius 1 is 1.43 bits per heavy atom. The lowest BCUT2D eigenvalue weighted by molar-refractivity contribution is -0.134. The molecule has 0 aliphatic carbocycles. The first-order valence-corrected chi connectivity index (χ1v) is 8.32. The summed E-state index contributed by atoms with van der Waals surface area (Å²) in [6.07, 6.45) is 3.56. The monoisotopic (exact) mass is 328 g/mol. The number of unbranched alkanes of at least 4 members (excludes halogenated alkanes) is 1. The molecule has 21 heavy (non-hydrogen) atoms. The molecule has 1 heterocycles. The summed E-state index contributed by atoms with van der Waals surface area (Å²) >= 11 is 12.3. The smallest absolute Gasteiger partial charge is 0.223 e. The first kappa shape index (κ1) is 16.6. The van der Waals surface area contributed by atoms with E-state index in [1.165, 1.54) is 0 Å². The van der Waals surface area contributed by atoms with Gasteiger partial charge in [0.2, 0.25) is 5.91 Å². The molecule has 0 spiro atoms. The molecule has 1 fully saturated rings. The van der Waals surface area contributed by atoms with Crippen molar-refractivity contribution in [2.24, 2.45) is 0 Å². The maximum absolute atomic E-state index is 12.5. The number of benzene rings is 1. The largest absolute Gasteiger partial charge is 0.334 e. The van der Waals surface area contributed by atoms with Gasteiger partial charge in [0, 0.05) is 25.6 Å². The van der Waals surface area contributed by atoms with Crippen LogP contribution in [0.15, 0.2) is 18.2 Å². The third kappa shape index (κ3) is 4.35. The third-order valence-corrected chi connectivity index (χ3v) is 4.77. The summed E-state index contributed by atoms with van der Waals surface area (Å²) < 4.78 is 0. The summed E-state index contributed by atoms with van der Waals surface area (Å²) in [5.74, 6) is 0.210. The molecule has 116 valence electrons. The maximum atomic E-state index is 12.5. The van der Waals surface area contributed by atoms with E-state index >= 15 is 0 Å². The summed E-state index contributed by atoms with van der Waals surface area (Å²) in [5, 5.41) is 4.42. The van der Waals surface area contributed by atoms with Crippen LogP contribution in [0.25, 0.3) is 0 Å². The predicted octanol–water partition coefficient (Wildman–Crippen LogP) is 3.87. The number of hydrogen-bond acceptors (Lipinski definition) is 2. The predicted molar refractivity (Wildman–Crippen MR) is 87.8 cm³/mol. The second-order valence-electron chi connectivity index (χ2n) is 5.48. The SMILES string of the molecule is CCCCC(=O)N(Cc1cccc(Cl)c1Cl)[C@H]1CCNC1. The van der Waals surface area contributed by atoms with Crippen LogP contribution in [0.3, 0.4) is 0 Å². The van der Waals surface area contributed by atoms with E-state index in [0.29, 0.717) is 23.0 Å². The van der Waals surface area contributed by atoms with Gasteiger partial charge >= 0.3 is 0 Å². The number of rotatable bonds is 6. The molecule has 3 nitrogen and oxygen atoms in total. The molecule has 1 aliphatic rings. The minimum atomic E-state index is 0.210. The van der Waals surface area contributed by atoms with Gasteiger partial charge in [-0.05, 0) is 31.0 Å². The summed E-state index contributed by atoms with van der Waals surface area (Å²) in [4.78, 5) is 14.5. The lowest BCUT2D eigenvalue weighted by atomic mass is 10.1. The molecule has 0 radical (unpaired) electrons. The van der Waals surface area contributed by atoms with Gasteiger partial charge in [-0.15, -0.1) is 0 Å². The van der Waals surface area contributed by atoms with Gasteiger partial charge in [0.05, 0.1) is 10.0 Å². The number of halogens is 2. The molecule has 1 aliphatic heterocycles. The molecule has 0 aromatic heterocycles. The molecule has 2 rings (SSSR count). The normalized spacial score (nSPS) is 18.0. The molecule has 1 amide bonds. The van der Waals surface area contributed by atoms with Gasteiger partial charge in [-0.2, -0.15) is 0 Å². The van der Waals surface area contributed by atoms with Crippen molar-refractivity contribution in [2.75, 3.05) is 13.1 Å². The van der Waals surface area contributed by atoms with Gasteiger partial charge in [0.1, 0.15) is 0 Å². The Balaban J connectivity index is 2.14. The molecule has 5 heteroatoms. The number of carbonyl (C=O) groups excluding carboxylic acids is 1. The van der Waals surface area contributed by atoms with Gasteiger partial charge in [0.25, 0.3) is 0 Å². The van der Waals surface area contributed by atoms with Crippen LogP contribution in [0.2, 0.25) is 10.0 Å². The molecule has 1 saturated heterocycles. The van der Waals surface area contributed by atoms with Crippen LogP contribution in [-0.4, -0.2) is 29.9 Å². The van der Waals surface area contributed by atoms with Gasteiger partial charge < -0.3 is 10.2 Å². The Morgan fingerprint density at radius 3 is 2.90 bits per heavy atom. The van der Waals surface area contributed by atoms with Crippen molar-refractivity contribution >= 4 is 29.1 Å². The van der Waals surface area contributed by atoms with Gasteiger partial charge in [-0.1, -0.05) is 48.7 Å². The molecule has 1 N–H and O–H groups in total. The summed E-state index contributed by atoms with van der Waals surface area (Å²) in [6.45, 7) is 4.46. The standard InChI is InChI=1S/C16H22Cl2N2O/c1-2-3-7-15(21)20(13-8-9-19-10-13)11-12-5-4-6-14(17)16(12)18/h4-6,13,19H,2-3,7-11H2,1H3/t13-/m0/s1. The Bertz CT molecular complexity index is 487. The zero-order valence-corrected chi connectivity index (χ0v) is 13.9. The van der Waals surface area contributed by atoms with Crippen molar-refractivity contribution in [3.63, 3.8) is 0 Å². The van der Waals surface area contributed by atoms with Crippen LogP contribution < -0.4 is 5.32 Å². The summed E-state index contributed by atoms with van der Waals surface area (Å²) in [5.41, 5.74) is 0.918. The fourth-order valence-electron chi connectivity index (χ4n) is 2.65. The van der Waals surface area contributed by atoms with Crippen LogP contribution in [0, 0.1) is 0 Å². The number of nitrogens with one attached hydrogen (secondary N) is 1. The van der Waals surface area contributed by atoms with E-state index < -0.39 is 0 Å². The van der Waals surface area contributed by atoms with Crippen LogP contribution in [0.5, 0.6) is 0 Å². The van der Waals surface area contributed by atoms with E-state index in [1.54, 1.807) is 6.07 Å². The second-order valence-corrected chi connectivity index (χ2v) is 6.27. The molecule has 1 aromatic rings. The molecule has 0 bridgehead atoms. The fraction of sp³-hybridized carbons (Fsp3) is 0.562. The molecular weight excluding hydrogens is 307 g/mol. The number of amides is 1. The second kappa shape index (κ2) is 8.02. The highest BCUT2D eigenvalue weighted by Crippen LogP contribution is 2.27. The van der Waals surface area contributed by atoms with Crippen molar-refractivity contribution in [3.05, 3.63) is 33.8 Å². The van der Waals surface area contributed by atoms with E-state index in [9.17, 15) is 4.79 Å². The zero-order valence-electron chi connectivity index (χ0n) is 12.4. The van der Waals surface area contributed by atoms with Crippen LogP contribution in [0.4, 0.5) is 0 Å². The average Bonchev–Trinajstić information content (AvgIpc) is 3.00. The van der Waals surface area contributed by atoms with Gasteiger partial charge in [-0.3, -0.25) is 4.79 Å². The molecule has 0 unspecified atom stereocenters. The zero-order chi connectivity index (χ0) is 15.2. The Kier molecular flexibility index (Phi) is 6.34. The highest BCUT2D eigenvalue weighted by atomic mass is 35.5. The van der Waals surface area contributed by atoms with E-state index in [2.05, 4.69) is 12.2 Å². The van der Waals surface area contributed by atoms with Crippen molar-refractivity contribution in [1.29, 1.82) is 0 Å². The van der Waals surface area contributed by atoms with Gasteiger partial charge in [0.15, 0.2) is 0 Å². The summed E-state index contributed by atoms with van der Waals surface area (Å²) in [6, 6.07) is 5.85. The van der Waals surface area contributed by atoms with Crippen molar-refractivity contribution in [1.82, 2.24) is 10.2 Å². The molecule has 0 saturated carbocycles. The first-order valence-electron chi connectivity index (χ1n) is 7.56. The Labute approximate surface area is 136 Å². The number of carbonyl (C=O) groups is 1. The maximum Gasteiger partial charge on any atom is 0.223 e. The van der Waals surface area contributed by atoms with Crippen molar-refractivity contribution in [3.8, 4) is 0 Å². The molecule has 1 atom stereocenters. The minimum Gasteiger partial charge on any atom is -0.334 e. The van der Waals surface area contributed by atoms with Crippen LogP contribution >= 0.6 is 23.2 Å². The summed E-state index contributed by atoms with van der Waals surface area (Å²) in [7, 11) is 0. The fourth-order valence-corrected chi connectivity index (χ4v) is 3.03. The average molecular weight is 329 g/mol. The number of hydrogen-bond donors (Lipinski definition) is 1. The van der Waals surface area contributed by atoms with E-state index in [-0.39, 0.29) is 11.9 Å². The van der Waals surface area contributed by atoms with Crippen molar-refractivity contribution < 1.29 is 4.79 Å². The molecular formula is C16H22Cl2N2O. The van der Waals surface area contributed by atoms with Crippen molar-refractivity contribution in [2.45, 2.75) is 45.2 Å². The Morgan fingerprint density at radius 2 is 2.24 bits per heavy atom. The van der Waals surface area contributed by atoms with Gasteiger partial charge in [-0.25, -0.2) is 0 Å². The Hall–Kier alpha value is -0.770. The van der Waals surface area contributed by atoms with E-state index in [1.807, 2.05) is 17.0 Å². The number of nitrogens with zero attached hydrogens (tertiary/aromatic N) is 1. The third-order valence-electron chi connectivity index (χ3n) is 3.91. The topological polar surface area (TPSA) is 32.3 Å². The quantitative estimate of drug-likeness (QED) is 0.859. The lowest BCUT2D eigenvalue weighted by Crippen LogP contribution is -2.41.